The van der Waals surface area contributed by atoms with E-state index in [2.05, 4.69) is 16.6 Å². The first-order valence-corrected chi connectivity index (χ1v) is 8.10. The number of rotatable bonds is 8. The second-order valence-corrected chi connectivity index (χ2v) is 6.02. The number of aryl methyl sites for hydroxylation is 3. The minimum atomic E-state index is -0.0962. The van der Waals surface area contributed by atoms with E-state index in [0.29, 0.717) is 0 Å². The van der Waals surface area contributed by atoms with Crippen LogP contribution >= 0.6 is 11.6 Å². The molecule has 0 saturated carbocycles. The van der Waals surface area contributed by atoms with Crippen molar-refractivity contribution >= 4 is 22.8 Å². The van der Waals surface area contributed by atoms with Crippen molar-refractivity contribution in [1.29, 1.82) is 0 Å². The number of fused-ring (bicyclic) bond motifs is 1. The van der Waals surface area contributed by atoms with Crippen LogP contribution in [0, 0.1) is 6.92 Å². The van der Waals surface area contributed by atoms with Gasteiger partial charge in [0.1, 0.15) is 11.3 Å². The fraction of sp³-hybridized carbons (Fsp3) is 0.733. The van der Waals surface area contributed by atoms with Crippen LogP contribution in [0.1, 0.15) is 50.0 Å². The van der Waals surface area contributed by atoms with Gasteiger partial charge in [-0.15, -0.1) is 11.6 Å². The predicted molar refractivity (Wildman–Crippen MR) is 85.9 cm³/mol. The molecule has 0 spiro atoms. The Morgan fingerprint density at radius 3 is 2.67 bits per heavy atom. The van der Waals surface area contributed by atoms with Crippen molar-refractivity contribution < 1.29 is 4.74 Å². The van der Waals surface area contributed by atoms with Gasteiger partial charge in [-0.25, -0.2) is 9.67 Å². The van der Waals surface area contributed by atoms with E-state index in [1.807, 2.05) is 18.5 Å². The van der Waals surface area contributed by atoms with Crippen molar-refractivity contribution in [3.8, 4) is 0 Å². The molecular formula is C15H25ClN4O. The van der Waals surface area contributed by atoms with Crippen LogP contribution in [0.2, 0.25) is 0 Å². The molecule has 0 N–H and O–H groups in total. The molecule has 2 rings (SSSR count). The Morgan fingerprint density at radius 2 is 2.05 bits per heavy atom. The van der Waals surface area contributed by atoms with Crippen LogP contribution in [0.15, 0.2) is 0 Å². The molecule has 0 amide bonds. The van der Waals surface area contributed by atoms with Crippen LogP contribution in [0.5, 0.6) is 0 Å². The number of aromatic nitrogens is 4. The third-order valence-electron chi connectivity index (χ3n) is 3.71. The fourth-order valence-electron chi connectivity index (χ4n) is 2.68. The van der Waals surface area contributed by atoms with Crippen LogP contribution in [0.3, 0.4) is 0 Å². The van der Waals surface area contributed by atoms with Gasteiger partial charge in [0.05, 0.1) is 11.1 Å². The molecule has 0 aliphatic heterocycles. The third kappa shape index (κ3) is 3.40. The summed E-state index contributed by atoms with van der Waals surface area (Å²) in [7, 11) is 1.75. The van der Waals surface area contributed by atoms with E-state index in [-0.39, 0.29) is 5.38 Å². The predicted octanol–water partition coefficient (Wildman–Crippen LogP) is 3.68. The van der Waals surface area contributed by atoms with E-state index in [9.17, 15) is 0 Å². The van der Waals surface area contributed by atoms with Crippen molar-refractivity contribution in [3.05, 3.63) is 11.5 Å². The third-order valence-corrected chi connectivity index (χ3v) is 3.91. The van der Waals surface area contributed by atoms with Crippen LogP contribution in [-0.4, -0.2) is 33.0 Å². The number of hydrogen-bond donors (Lipinski definition) is 0. The summed E-state index contributed by atoms with van der Waals surface area (Å²) in [4.78, 5) is 4.72. The lowest BCUT2D eigenvalue weighted by Crippen LogP contribution is -2.09. The molecule has 6 heteroatoms. The fourth-order valence-corrected chi connectivity index (χ4v) is 2.85. The molecule has 2 aromatic heterocycles. The lowest BCUT2D eigenvalue weighted by atomic mass is 10.2. The molecule has 2 aromatic rings. The van der Waals surface area contributed by atoms with Gasteiger partial charge in [-0.3, -0.25) is 0 Å². The number of alkyl halides is 1. The molecule has 0 aliphatic rings. The van der Waals surface area contributed by atoms with Crippen molar-refractivity contribution in [1.82, 2.24) is 19.3 Å². The van der Waals surface area contributed by atoms with Crippen LogP contribution in [0.4, 0.5) is 0 Å². The van der Waals surface area contributed by atoms with E-state index in [1.54, 1.807) is 7.11 Å². The number of ether oxygens (including phenoxy) is 1. The summed E-state index contributed by atoms with van der Waals surface area (Å²) in [6.45, 7) is 8.68. The number of hydrogen-bond acceptors (Lipinski definition) is 3. The average molecular weight is 313 g/mol. The topological polar surface area (TPSA) is 44.9 Å². The maximum Gasteiger partial charge on any atom is 0.158 e. The van der Waals surface area contributed by atoms with Gasteiger partial charge >= 0.3 is 0 Å². The zero-order valence-corrected chi connectivity index (χ0v) is 14.2. The largest absolute Gasteiger partial charge is 0.385 e. The van der Waals surface area contributed by atoms with Crippen LogP contribution in [-0.2, 0) is 17.8 Å². The first kappa shape index (κ1) is 16.3. The number of unbranched alkanes of at least 4 members (excludes halogenated alkanes) is 2. The highest BCUT2D eigenvalue weighted by Gasteiger charge is 2.20. The van der Waals surface area contributed by atoms with Crippen molar-refractivity contribution in [2.24, 2.45) is 0 Å². The molecule has 0 saturated heterocycles. The second kappa shape index (κ2) is 7.27. The van der Waals surface area contributed by atoms with Crippen molar-refractivity contribution in [2.45, 2.75) is 58.5 Å². The average Bonchev–Trinajstić information content (AvgIpc) is 2.97. The van der Waals surface area contributed by atoms with Gasteiger partial charge < -0.3 is 9.30 Å². The monoisotopic (exact) mass is 312 g/mol. The molecule has 2 heterocycles. The van der Waals surface area contributed by atoms with Crippen molar-refractivity contribution in [3.63, 3.8) is 0 Å². The molecule has 0 aliphatic carbocycles. The second-order valence-electron chi connectivity index (χ2n) is 5.36. The summed E-state index contributed by atoms with van der Waals surface area (Å²) in [5.41, 5.74) is 3.06. The minimum Gasteiger partial charge on any atom is -0.385 e. The van der Waals surface area contributed by atoms with Gasteiger partial charge in [0.25, 0.3) is 0 Å². The molecule has 118 valence electrons. The van der Waals surface area contributed by atoms with Gasteiger partial charge in [-0.05, 0) is 40.0 Å². The SMILES string of the molecule is CCn1nc(C)c2nc(C(C)Cl)n(CCCCCOC)c21. The standard InChI is InChI=1S/C15H25ClN4O/c1-5-20-15-13(12(3)18-20)17-14(11(2)16)19(15)9-7-6-8-10-21-4/h11H,5-10H2,1-4H3. The summed E-state index contributed by atoms with van der Waals surface area (Å²) in [5, 5.41) is 4.46. The highest BCUT2D eigenvalue weighted by molar-refractivity contribution is 6.20. The van der Waals surface area contributed by atoms with Crippen LogP contribution in [0.25, 0.3) is 11.2 Å². The van der Waals surface area contributed by atoms with Gasteiger partial charge in [0, 0.05) is 26.8 Å². The van der Waals surface area contributed by atoms with E-state index in [0.717, 1.165) is 61.6 Å². The number of halogens is 1. The summed E-state index contributed by atoms with van der Waals surface area (Å²) in [6, 6.07) is 0. The maximum absolute atomic E-state index is 6.31. The molecule has 0 aromatic carbocycles. The molecular weight excluding hydrogens is 288 g/mol. The van der Waals surface area contributed by atoms with E-state index < -0.39 is 0 Å². The summed E-state index contributed by atoms with van der Waals surface area (Å²) >= 11 is 6.31. The van der Waals surface area contributed by atoms with E-state index >= 15 is 0 Å². The zero-order chi connectivity index (χ0) is 15.4. The molecule has 0 fully saturated rings. The van der Waals surface area contributed by atoms with Gasteiger partial charge in [-0.1, -0.05) is 0 Å². The van der Waals surface area contributed by atoms with Crippen LogP contribution < -0.4 is 0 Å². The smallest absolute Gasteiger partial charge is 0.158 e. The maximum atomic E-state index is 6.31. The Labute approximate surface area is 131 Å². The lowest BCUT2D eigenvalue weighted by Gasteiger charge is -2.11. The summed E-state index contributed by atoms with van der Waals surface area (Å²) in [5.74, 6) is 0.945. The number of imidazole rings is 1. The zero-order valence-electron chi connectivity index (χ0n) is 13.4. The Hall–Kier alpha value is -1.07. The normalized spacial score (nSPS) is 13.2. The molecule has 1 unspecified atom stereocenters. The van der Waals surface area contributed by atoms with Gasteiger partial charge in [0.2, 0.25) is 0 Å². The first-order valence-electron chi connectivity index (χ1n) is 7.66. The summed E-state index contributed by atoms with van der Waals surface area (Å²) < 4.78 is 9.36. The number of methoxy groups -OCH3 is 1. The summed E-state index contributed by atoms with van der Waals surface area (Å²) in [6.07, 6.45) is 3.33. The molecule has 5 nitrogen and oxygen atoms in total. The first-order chi connectivity index (χ1) is 10.1. The quantitative estimate of drug-likeness (QED) is 0.552. The Kier molecular flexibility index (Phi) is 5.65. The van der Waals surface area contributed by atoms with Crippen molar-refractivity contribution in [2.75, 3.05) is 13.7 Å². The molecule has 21 heavy (non-hydrogen) atoms. The van der Waals surface area contributed by atoms with Gasteiger partial charge in [-0.2, -0.15) is 5.10 Å². The lowest BCUT2D eigenvalue weighted by molar-refractivity contribution is 0.191. The highest BCUT2D eigenvalue weighted by Crippen LogP contribution is 2.27. The van der Waals surface area contributed by atoms with Gasteiger partial charge in [0.15, 0.2) is 5.65 Å². The molecule has 0 bridgehead atoms. The highest BCUT2D eigenvalue weighted by atomic mass is 35.5. The van der Waals surface area contributed by atoms with E-state index in [1.165, 1.54) is 0 Å². The molecule has 1 atom stereocenters. The minimum absolute atomic E-state index is 0.0962. The Bertz CT molecular complexity index is 588. The molecule has 0 radical (unpaired) electrons. The Morgan fingerprint density at radius 1 is 1.29 bits per heavy atom. The van der Waals surface area contributed by atoms with E-state index in [4.69, 9.17) is 21.3 Å². The Balaban J connectivity index is 2.27. The number of nitrogens with zero attached hydrogens (tertiary/aromatic N) is 4.